The first-order valence-corrected chi connectivity index (χ1v) is 8.50. The lowest BCUT2D eigenvalue weighted by Crippen LogP contribution is -2.52. The average Bonchev–Trinajstić information content (AvgIpc) is 2.99. The number of nitrogens with zero attached hydrogens (tertiary/aromatic N) is 2. The van der Waals surface area contributed by atoms with E-state index in [1.54, 1.807) is 12.3 Å². The predicted octanol–water partition coefficient (Wildman–Crippen LogP) is 3.26. The Morgan fingerprint density at radius 2 is 1.88 bits per heavy atom. The van der Waals surface area contributed by atoms with E-state index >= 15 is 0 Å². The number of carbonyl (C=O) groups is 1. The molecule has 138 valence electrons. The van der Waals surface area contributed by atoms with Crippen molar-refractivity contribution in [2.75, 3.05) is 7.05 Å². The van der Waals surface area contributed by atoms with Gasteiger partial charge in [0.25, 0.3) is 0 Å². The van der Waals surface area contributed by atoms with E-state index in [-0.39, 0.29) is 11.7 Å². The fraction of sp³-hybridized carbons (Fsp3) is 0.294. The molecule has 0 spiro atoms. The fourth-order valence-electron chi connectivity index (χ4n) is 3.12. The molecule has 2 atom stereocenters. The number of benzene rings is 1. The van der Waals surface area contributed by atoms with Gasteiger partial charge in [0.15, 0.2) is 5.96 Å². The van der Waals surface area contributed by atoms with E-state index in [1.807, 2.05) is 0 Å². The van der Waals surface area contributed by atoms with Crippen LogP contribution in [0, 0.1) is 0 Å². The van der Waals surface area contributed by atoms with Crippen LogP contribution >= 0.6 is 11.3 Å². The Bertz CT molecular complexity index is 876. The molecular weight excluding hydrogens is 367 g/mol. The maximum Gasteiger partial charge on any atom is 0.416 e. The maximum atomic E-state index is 12.9. The summed E-state index contributed by atoms with van der Waals surface area (Å²) >= 11 is 1.20. The van der Waals surface area contributed by atoms with Crippen LogP contribution in [0.1, 0.15) is 28.8 Å². The monoisotopic (exact) mass is 383 g/mol. The highest BCUT2D eigenvalue weighted by Gasteiger charge is 2.49. The Morgan fingerprint density at radius 3 is 2.38 bits per heavy atom. The van der Waals surface area contributed by atoms with Gasteiger partial charge in [-0.1, -0.05) is 12.1 Å². The maximum absolute atomic E-state index is 12.9. The molecule has 26 heavy (non-hydrogen) atoms. The first-order valence-electron chi connectivity index (χ1n) is 7.62. The molecule has 2 aromatic rings. The molecule has 1 unspecified atom stereocenters. The summed E-state index contributed by atoms with van der Waals surface area (Å²) in [5, 5.41) is 11.8. The Balaban J connectivity index is 2.16. The van der Waals surface area contributed by atoms with Crippen molar-refractivity contribution in [3.8, 4) is 5.75 Å². The third kappa shape index (κ3) is 2.82. The van der Waals surface area contributed by atoms with E-state index in [9.17, 15) is 23.1 Å². The molecule has 0 fully saturated rings. The fourth-order valence-corrected chi connectivity index (χ4v) is 4.04. The number of rotatable bonds is 2. The normalized spacial score (nSPS) is 23.9. The van der Waals surface area contributed by atoms with Crippen LogP contribution in [0.25, 0.3) is 0 Å². The molecule has 0 aliphatic carbocycles. The predicted molar refractivity (Wildman–Crippen MR) is 91.9 cm³/mol. The van der Waals surface area contributed by atoms with Gasteiger partial charge in [-0.25, -0.2) is 4.99 Å². The SMILES string of the molecule is CN1C(=O)C(c2ccc(C(F)(F)F)cc2)[C@@](C)(c2sccc2O)N=C1N. The van der Waals surface area contributed by atoms with Gasteiger partial charge in [-0.3, -0.25) is 9.69 Å². The van der Waals surface area contributed by atoms with Crippen LogP contribution in [0.2, 0.25) is 0 Å². The summed E-state index contributed by atoms with van der Waals surface area (Å²) in [5.74, 6) is -1.39. The quantitative estimate of drug-likeness (QED) is 0.836. The molecule has 0 saturated heterocycles. The Kier molecular flexibility index (Phi) is 4.22. The molecule has 3 rings (SSSR count). The number of carbonyl (C=O) groups excluding carboxylic acids is 1. The van der Waals surface area contributed by atoms with E-state index in [0.717, 1.165) is 17.0 Å². The first-order chi connectivity index (χ1) is 12.1. The minimum atomic E-state index is -4.47. The van der Waals surface area contributed by atoms with Crippen molar-refractivity contribution in [1.82, 2.24) is 4.90 Å². The van der Waals surface area contributed by atoms with Gasteiger partial charge >= 0.3 is 6.18 Å². The summed E-state index contributed by atoms with van der Waals surface area (Å²) in [4.78, 5) is 18.9. The van der Waals surface area contributed by atoms with E-state index in [4.69, 9.17) is 5.73 Å². The topological polar surface area (TPSA) is 78.9 Å². The number of thiophene rings is 1. The highest BCUT2D eigenvalue weighted by atomic mass is 32.1. The smallest absolute Gasteiger partial charge is 0.416 e. The van der Waals surface area contributed by atoms with E-state index in [2.05, 4.69) is 4.99 Å². The number of aromatic hydroxyl groups is 1. The van der Waals surface area contributed by atoms with Crippen molar-refractivity contribution < 1.29 is 23.1 Å². The zero-order valence-electron chi connectivity index (χ0n) is 13.9. The molecule has 5 nitrogen and oxygen atoms in total. The van der Waals surface area contributed by atoms with Gasteiger partial charge in [0, 0.05) is 7.05 Å². The molecule has 0 radical (unpaired) electrons. The van der Waals surface area contributed by atoms with Crippen molar-refractivity contribution in [1.29, 1.82) is 0 Å². The van der Waals surface area contributed by atoms with Gasteiger partial charge < -0.3 is 10.8 Å². The second-order valence-corrected chi connectivity index (χ2v) is 7.12. The second kappa shape index (κ2) is 6.01. The van der Waals surface area contributed by atoms with E-state index in [1.165, 1.54) is 36.6 Å². The van der Waals surface area contributed by atoms with E-state index < -0.39 is 29.1 Å². The van der Waals surface area contributed by atoms with Gasteiger partial charge in [0.2, 0.25) is 5.91 Å². The zero-order chi connectivity index (χ0) is 19.3. The van der Waals surface area contributed by atoms with Crippen molar-refractivity contribution >= 4 is 23.2 Å². The number of halogens is 3. The Morgan fingerprint density at radius 1 is 1.27 bits per heavy atom. The Labute approximate surface area is 151 Å². The molecule has 1 aromatic carbocycles. The summed E-state index contributed by atoms with van der Waals surface area (Å²) < 4.78 is 38.5. The van der Waals surface area contributed by atoms with Crippen LogP contribution in [-0.4, -0.2) is 28.9 Å². The number of aliphatic imine (C=N–C) groups is 1. The number of alkyl halides is 3. The van der Waals surface area contributed by atoms with Gasteiger partial charge in [-0.05, 0) is 36.1 Å². The van der Waals surface area contributed by atoms with E-state index in [0.29, 0.717) is 10.4 Å². The molecular formula is C17H16F3N3O2S. The summed E-state index contributed by atoms with van der Waals surface area (Å²) in [6.07, 6.45) is -4.47. The molecule has 0 saturated carbocycles. The minimum absolute atomic E-state index is 0.0199. The highest BCUT2D eigenvalue weighted by molar-refractivity contribution is 7.10. The lowest BCUT2D eigenvalue weighted by molar-refractivity contribution is -0.137. The van der Waals surface area contributed by atoms with Crippen LogP contribution in [0.5, 0.6) is 5.75 Å². The molecule has 2 heterocycles. The average molecular weight is 383 g/mol. The van der Waals surface area contributed by atoms with Crippen molar-refractivity contribution in [3.63, 3.8) is 0 Å². The lowest BCUT2D eigenvalue weighted by Gasteiger charge is -2.40. The zero-order valence-corrected chi connectivity index (χ0v) is 14.7. The molecule has 1 amide bonds. The lowest BCUT2D eigenvalue weighted by atomic mass is 9.77. The number of guanidine groups is 1. The second-order valence-electron chi connectivity index (χ2n) is 6.20. The van der Waals surface area contributed by atoms with Crippen molar-refractivity contribution in [2.24, 2.45) is 10.7 Å². The van der Waals surface area contributed by atoms with Crippen LogP contribution in [0.3, 0.4) is 0 Å². The third-order valence-corrected chi connectivity index (χ3v) is 5.64. The van der Waals surface area contributed by atoms with Gasteiger partial charge in [-0.15, -0.1) is 11.3 Å². The molecule has 1 aliphatic rings. The number of likely N-dealkylation sites (N-methyl/N-ethyl adjacent to an activating group) is 1. The van der Waals surface area contributed by atoms with Crippen LogP contribution in [0.4, 0.5) is 13.2 Å². The summed E-state index contributed by atoms with van der Waals surface area (Å²) in [7, 11) is 1.45. The third-order valence-electron chi connectivity index (χ3n) is 4.51. The van der Waals surface area contributed by atoms with Gasteiger partial charge in [0.05, 0.1) is 16.4 Å². The first kappa shape index (κ1) is 18.2. The summed E-state index contributed by atoms with van der Waals surface area (Å²) in [5.41, 5.74) is 4.18. The summed E-state index contributed by atoms with van der Waals surface area (Å²) in [6.45, 7) is 1.64. The molecule has 9 heteroatoms. The highest BCUT2D eigenvalue weighted by Crippen LogP contribution is 2.49. The minimum Gasteiger partial charge on any atom is -0.507 e. The van der Waals surface area contributed by atoms with Gasteiger partial charge in [0.1, 0.15) is 11.3 Å². The van der Waals surface area contributed by atoms with Crippen LogP contribution < -0.4 is 5.73 Å². The van der Waals surface area contributed by atoms with Gasteiger partial charge in [-0.2, -0.15) is 13.2 Å². The molecule has 3 N–H and O–H groups in total. The van der Waals surface area contributed by atoms with Crippen LogP contribution in [-0.2, 0) is 16.5 Å². The number of nitrogens with two attached hydrogens (primary N) is 1. The summed E-state index contributed by atoms with van der Waals surface area (Å²) in [6, 6.07) is 5.86. The van der Waals surface area contributed by atoms with Crippen molar-refractivity contribution in [2.45, 2.75) is 24.6 Å². The molecule has 0 bridgehead atoms. The Hall–Kier alpha value is -2.55. The number of hydrogen-bond acceptors (Lipinski definition) is 5. The van der Waals surface area contributed by atoms with Crippen molar-refractivity contribution in [3.05, 3.63) is 51.7 Å². The number of amides is 1. The molecule has 1 aliphatic heterocycles. The van der Waals surface area contributed by atoms with Crippen LogP contribution in [0.15, 0.2) is 40.7 Å². The molecule has 1 aromatic heterocycles. The largest absolute Gasteiger partial charge is 0.507 e. The standard InChI is InChI=1S/C17H16F3N3O2S/c1-16(13-11(24)7-8-26-13)12(14(25)23(2)15(21)22-16)9-3-5-10(6-4-9)17(18,19)20/h3-8,12,24H,1-2H3,(H2,21,22)/t12?,16-/m0/s1. The number of hydrogen-bond donors (Lipinski definition) is 2.